The Morgan fingerprint density at radius 1 is 0.217 bits per heavy atom. The minimum atomic E-state index is -0.458. The van der Waals surface area contributed by atoms with Gasteiger partial charge in [-0.3, -0.25) is 0 Å². The van der Waals surface area contributed by atoms with Crippen LogP contribution >= 0.6 is 0 Å². The largest absolute Gasteiger partial charge is 0.456 e. The lowest BCUT2D eigenvalue weighted by Gasteiger charge is -2.47. The van der Waals surface area contributed by atoms with Gasteiger partial charge in [-0.2, -0.15) is 0 Å². The Morgan fingerprint density at radius 3 is 0.829 bits per heavy atom. The topological polar surface area (TPSA) is 39.2 Å². The quantitative estimate of drug-likeness (QED) is 0.101. The minimum Gasteiger partial charge on any atom is -0.456 e. The molecule has 7 heteroatoms. The fourth-order valence-electron chi connectivity index (χ4n) is 19.9. The standard InChI is InChI=1S/C122H107BN4O2/c1-118(2,3)84-50-58-89(59-51-84)124(90-60-52-85(53-61-90)119(4,5)6)93-66-68-103-105(76-93)126(116-99(80-38-24-18-25-39-80)70-82(78-34-20-16-21-35-78)72-101(116)95-44-32-48-111-113(95)97-42-28-30-46-109(97)128-111)107-74-88(122(13,14)15)75-108-115(107)123(103)104-69-67-94(125(91-62-54-86(55-63-91)120(7,8)9)92-64-56-87(57-65-92)121(10,11)12)77-106(104)127(108)117-100(81-40-26-19-27-41-81)71-83(79-36-22-17-23-37-79)73-102(117)96-45-33-49-112-114(96)98-43-29-31-47-110(98)129-112/h16-77H,1-15H3. The maximum absolute atomic E-state index is 7.04. The zero-order valence-electron chi connectivity index (χ0n) is 76.5. The molecule has 129 heavy (non-hydrogen) atoms. The summed E-state index contributed by atoms with van der Waals surface area (Å²) in [4.78, 5) is 10.5. The van der Waals surface area contributed by atoms with Gasteiger partial charge in [-0.15, -0.1) is 0 Å². The van der Waals surface area contributed by atoms with Crippen molar-refractivity contribution in [3.8, 4) is 66.8 Å². The molecule has 2 aromatic heterocycles. The Balaban J connectivity index is 0.954. The Kier molecular flexibility index (Phi) is 19.8. The van der Waals surface area contributed by atoms with Gasteiger partial charge in [0.25, 0.3) is 6.71 Å². The molecule has 0 amide bonds. The van der Waals surface area contributed by atoms with Crippen molar-refractivity contribution in [1.82, 2.24) is 0 Å². The molecule has 0 bridgehead atoms. The molecule has 0 saturated heterocycles. The van der Waals surface area contributed by atoms with Crippen molar-refractivity contribution >= 4 is 135 Å². The summed E-state index contributed by atoms with van der Waals surface area (Å²) in [5, 5.41) is 4.21. The first kappa shape index (κ1) is 81.6. The fraction of sp³-hybridized carbons (Fsp3) is 0.164. The van der Waals surface area contributed by atoms with Gasteiger partial charge in [-0.1, -0.05) is 347 Å². The summed E-state index contributed by atoms with van der Waals surface area (Å²) in [7, 11) is 0. The predicted octanol–water partition coefficient (Wildman–Crippen LogP) is 33.0. The molecule has 0 fully saturated rings. The number of furan rings is 2. The van der Waals surface area contributed by atoms with Crippen molar-refractivity contribution in [3.05, 3.63) is 404 Å². The highest BCUT2D eigenvalue weighted by molar-refractivity contribution is 7.00. The first-order chi connectivity index (χ1) is 62.1. The lowest BCUT2D eigenvalue weighted by Crippen LogP contribution is -2.61. The van der Waals surface area contributed by atoms with E-state index in [1.165, 1.54) is 33.3 Å². The molecule has 21 rings (SSSR count). The number of anilines is 12. The highest BCUT2D eigenvalue weighted by Gasteiger charge is 2.47. The molecule has 6 nitrogen and oxygen atoms in total. The molecular weight excluding hydrogens is 1560 g/mol. The Bertz CT molecular complexity index is 6970. The second kappa shape index (κ2) is 31.3. The molecule has 0 unspecified atom stereocenters. The molecule has 0 atom stereocenters. The van der Waals surface area contributed by atoms with Gasteiger partial charge in [0.1, 0.15) is 22.3 Å². The normalized spacial score (nSPS) is 12.9. The summed E-state index contributed by atoms with van der Waals surface area (Å²) in [5.74, 6) is 0. The molecule has 2 aliphatic rings. The summed E-state index contributed by atoms with van der Waals surface area (Å²) < 4.78 is 14.1. The van der Waals surface area contributed by atoms with Crippen LogP contribution in [0, 0.1) is 0 Å². The van der Waals surface area contributed by atoms with Crippen molar-refractivity contribution < 1.29 is 8.83 Å². The third-order valence-corrected chi connectivity index (χ3v) is 26.8. The number of fused-ring (bicyclic) bond motifs is 10. The number of rotatable bonds is 14. The molecule has 19 aromatic rings. The second-order valence-corrected chi connectivity index (χ2v) is 40.5. The highest BCUT2D eigenvalue weighted by atomic mass is 16.3. The molecular formula is C122H107BN4O2. The summed E-state index contributed by atoms with van der Waals surface area (Å²) in [5.41, 5.74) is 37.8. The number of hydrogen-bond donors (Lipinski definition) is 0. The predicted molar refractivity (Wildman–Crippen MR) is 551 cm³/mol. The summed E-state index contributed by atoms with van der Waals surface area (Å²) in [6, 6.07) is 142. The number of hydrogen-bond acceptors (Lipinski definition) is 6. The first-order valence-electron chi connectivity index (χ1n) is 45.6. The average Bonchev–Trinajstić information content (AvgIpc) is 0.706. The molecule has 17 aromatic carbocycles. The summed E-state index contributed by atoms with van der Waals surface area (Å²) in [6.45, 7) is 34.5. The lowest BCUT2D eigenvalue weighted by atomic mass is 9.33. The number of para-hydroxylation sites is 2. The molecule has 0 aliphatic carbocycles. The monoisotopic (exact) mass is 1670 g/mol. The van der Waals surface area contributed by atoms with Gasteiger partial charge in [-0.25, -0.2) is 0 Å². The van der Waals surface area contributed by atoms with Gasteiger partial charge < -0.3 is 28.4 Å². The maximum Gasteiger partial charge on any atom is 0.252 e. The SMILES string of the molecule is CC(C)(C)c1ccc(N(c2ccc(C(C)(C)C)cc2)c2ccc3c(c2)N(c2c(-c4ccccc4)cc(-c4ccccc4)cc2-c2cccc4oc5ccccc5c24)c2cc(C(C)(C)C)cc4c2B3c2ccc(N(c3ccc(C(C)(C)C)cc3)c3ccc(C(C)(C)C)cc3)cc2N4c2c(-c3ccccc3)cc(-c3ccccc3)cc2-c2cccc3oc4ccccc4c23)cc1. The molecule has 0 saturated carbocycles. The highest BCUT2D eigenvalue weighted by Crippen LogP contribution is 2.59. The van der Waals surface area contributed by atoms with E-state index in [0.29, 0.717) is 0 Å². The van der Waals surface area contributed by atoms with E-state index < -0.39 is 5.41 Å². The van der Waals surface area contributed by atoms with E-state index in [2.05, 4.69) is 500 Å². The molecule has 0 N–H and O–H groups in total. The van der Waals surface area contributed by atoms with Crippen molar-refractivity contribution in [3.63, 3.8) is 0 Å². The minimum absolute atomic E-state index is 0.0845. The maximum atomic E-state index is 7.04. The van der Waals surface area contributed by atoms with Crippen LogP contribution in [0.25, 0.3) is 111 Å². The zero-order valence-corrected chi connectivity index (χ0v) is 76.5. The number of nitrogens with zero attached hydrogens (tertiary/aromatic N) is 4. The van der Waals surface area contributed by atoms with E-state index in [1.54, 1.807) is 0 Å². The van der Waals surface area contributed by atoms with Crippen LogP contribution in [-0.4, -0.2) is 6.71 Å². The van der Waals surface area contributed by atoms with E-state index in [1.807, 2.05) is 0 Å². The molecule has 630 valence electrons. The van der Waals surface area contributed by atoms with Crippen molar-refractivity contribution in [2.75, 3.05) is 19.6 Å². The zero-order chi connectivity index (χ0) is 88.7. The average molecular weight is 1670 g/mol. The van der Waals surface area contributed by atoms with E-state index in [-0.39, 0.29) is 28.4 Å². The Morgan fingerprint density at radius 2 is 0.504 bits per heavy atom. The number of benzene rings is 17. The van der Waals surface area contributed by atoms with Crippen LogP contribution < -0.4 is 36.0 Å². The van der Waals surface area contributed by atoms with Crippen LogP contribution in [0.4, 0.5) is 68.2 Å². The van der Waals surface area contributed by atoms with Crippen molar-refractivity contribution in [2.24, 2.45) is 0 Å². The van der Waals surface area contributed by atoms with Crippen molar-refractivity contribution in [1.29, 1.82) is 0 Å². The van der Waals surface area contributed by atoms with E-state index in [9.17, 15) is 0 Å². The van der Waals surface area contributed by atoms with E-state index in [4.69, 9.17) is 8.83 Å². The first-order valence-corrected chi connectivity index (χ1v) is 45.6. The molecule has 0 radical (unpaired) electrons. The van der Waals surface area contributed by atoms with E-state index >= 15 is 0 Å². The molecule has 2 aliphatic heterocycles. The van der Waals surface area contributed by atoms with Gasteiger partial charge in [0, 0.05) is 101 Å². The van der Waals surface area contributed by atoms with Crippen LogP contribution in [0.1, 0.15) is 132 Å². The molecule has 0 spiro atoms. The second-order valence-electron chi connectivity index (χ2n) is 40.5. The van der Waals surface area contributed by atoms with Gasteiger partial charge >= 0.3 is 0 Å². The van der Waals surface area contributed by atoms with E-state index in [0.717, 1.165) is 190 Å². The van der Waals surface area contributed by atoms with Crippen LogP contribution in [0.5, 0.6) is 0 Å². The third-order valence-electron chi connectivity index (χ3n) is 26.8. The van der Waals surface area contributed by atoms with Crippen LogP contribution in [-0.2, 0) is 27.1 Å². The smallest absolute Gasteiger partial charge is 0.252 e. The van der Waals surface area contributed by atoms with Crippen molar-refractivity contribution in [2.45, 2.75) is 131 Å². The Hall–Kier alpha value is -14.4. The summed E-state index contributed by atoms with van der Waals surface area (Å²) >= 11 is 0. The van der Waals surface area contributed by atoms with Gasteiger partial charge in [-0.05, 0) is 249 Å². The van der Waals surface area contributed by atoms with Crippen LogP contribution in [0.15, 0.2) is 385 Å². The Labute approximate surface area is 760 Å². The molecule has 4 heterocycles. The summed E-state index contributed by atoms with van der Waals surface area (Å²) in [6.07, 6.45) is 0. The fourth-order valence-corrected chi connectivity index (χ4v) is 19.9. The van der Waals surface area contributed by atoms with Crippen LogP contribution in [0.3, 0.4) is 0 Å². The van der Waals surface area contributed by atoms with Gasteiger partial charge in [0.05, 0.1) is 11.4 Å². The van der Waals surface area contributed by atoms with Gasteiger partial charge in [0.15, 0.2) is 0 Å². The van der Waals surface area contributed by atoms with Gasteiger partial charge in [0.2, 0.25) is 0 Å². The van der Waals surface area contributed by atoms with Crippen LogP contribution in [0.2, 0.25) is 0 Å². The third kappa shape index (κ3) is 14.6. The lowest BCUT2D eigenvalue weighted by molar-refractivity contribution is 0.590.